The number of benzene rings is 1. The van der Waals surface area contributed by atoms with Crippen molar-refractivity contribution in [1.82, 2.24) is 19.9 Å². The van der Waals surface area contributed by atoms with Gasteiger partial charge in [0.1, 0.15) is 5.82 Å². The van der Waals surface area contributed by atoms with Gasteiger partial charge in [0.15, 0.2) is 0 Å². The molecule has 0 spiro atoms. The zero-order chi connectivity index (χ0) is 19.7. The van der Waals surface area contributed by atoms with Crippen LogP contribution >= 0.6 is 0 Å². The quantitative estimate of drug-likeness (QED) is 0.571. The number of pyridine rings is 1. The molecule has 0 bridgehead atoms. The van der Waals surface area contributed by atoms with Crippen molar-refractivity contribution in [2.75, 3.05) is 50.0 Å². The van der Waals surface area contributed by atoms with E-state index in [4.69, 9.17) is 4.74 Å². The van der Waals surface area contributed by atoms with Gasteiger partial charge in [-0.15, -0.1) is 0 Å². The fourth-order valence-corrected chi connectivity index (χ4v) is 3.28. The van der Waals surface area contributed by atoms with Crippen LogP contribution in [0.15, 0.2) is 60.9 Å². The molecule has 1 aliphatic rings. The molecule has 1 aliphatic heterocycles. The first-order valence-electron chi connectivity index (χ1n) is 10.0. The van der Waals surface area contributed by atoms with Gasteiger partial charge in [0, 0.05) is 43.3 Å². The maximum absolute atomic E-state index is 5.39. The number of nitrogens with zero attached hydrogens (tertiary/aromatic N) is 4. The molecule has 2 N–H and O–H groups in total. The molecule has 4 rings (SSSR count). The second kappa shape index (κ2) is 9.95. The van der Waals surface area contributed by atoms with E-state index in [9.17, 15) is 0 Å². The van der Waals surface area contributed by atoms with Crippen LogP contribution in [0.2, 0.25) is 0 Å². The first kappa shape index (κ1) is 19.3. The first-order valence-corrected chi connectivity index (χ1v) is 10.0. The smallest absolute Gasteiger partial charge is 0.229 e. The Morgan fingerprint density at radius 2 is 1.90 bits per heavy atom. The van der Waals surface area contributed by atoms with Crippen molar-refractivity contribution in [3.05, 3.63) is 60.9 Å². The fraction of sp³-hybridized carbons (Fsp3) is 0.318. The maximum Gasteiger partial charge on any atom is 0.229 e. The third-order valence-electron chi connectivity index (χ3n) is 4.80. The van der Waals surface area contributed by atoms with Crippen molar-refractivity contribution >= 4 is 17.5 Å². The molecule has 2 aromatic heterocycles. The average Bonchev–Trinajstić information content (AvgIpc) is 2.79. The molecule has 0 radical (unpaired) electrons. The highest BCUT2D eigenvalue weighted by molar-refractivity contribution is 5.67. The van der Waals surface area contributed by atoms with Gasteiger partial charge in [0.2, 0.25) is 5.95 Å². The summed E-state index contributed by atoms with van der Waals surface area (Å²) in [7, 11) is 0. The van der Waals surface area contributed by atoms with Crippen molar-refractivity contribution in [3.63, 3.8) is 0 Å². The number of hydrogen-bond acceptors (Lipinski definition) is 7. The molecular weight excluding hydrogens is 364 g/mol. The van der Waals surface area contributed by atoms with Crippen molar-refractivity contribution in [1.29, 1.82) is 0 Å². The Morgan fingerprint density at radius 1 is 0.966 bits per heavy atom. The minimum atomic E-state index is 0.571. The van der Waals surface area contributed by atoms with Crippen LogP contribution in [-0.2, 0) is 4.74 Å². The van der Waals surface area contributed by atoms with E-state index in [0.717, 1.165) is 68.6 Å². The Kier molecular flexibility index (Phi) is 6.62. The van der Waals surface area contributed by atoms with Crippen molar-refractivity contribution in [3.8, 4) is 11.3 Å². The summed E-state index contributed by atoms with van der Waals surface area (Å²) in [4.78, 5) is 15.8. The lowest BCUT2D eigenvalue weighted by atomic mass is 10.1. The first-order chi connectivity index (χ1) is 14.4. The minimum absolute atomic E-state index is 0.571. The highest BCUT2D eigenvalue weighted by atomic mass is 16.5. The van der Waals surface area contributed by atoms with E-state index >= 15 is 0 Å². The molecule has 29 heavy (non-hydrogen) atoms. The number of hydrogen-bond donors (Lipinski definition) is 2. The molecule has 1 fully saturated rings. The van der Waals surface area contributed by atoms with Crippen molar-refractivity contribution in [2.45, 2.75) is 6.42 Å². The van der Waals surface area contributed by atoms with E-state index in [-0.39, 0.29) is 0 Å². The van der Waals surface area contributed by atoms with Crippen LogP contribution < -0.4 is 10.6 Å². The van der Waals surface area contributed by atoms with Crippen LogP contribution in [0.5, 0.6) is 0 Å². The summed E-state index contributed by atoms with van der Waals surface area (Å²) in [6.45, 7) is 5.69. The van der Waals surface area contributed by atoms with Crippen LogP contribution in [0, 0.1) is 0 Å². The van der Waals surface area contributed by atoms with Gasteiger partial charge in [-0.1, -0.05) is 18.2 Å². The molecule has 150 valence electrons. The van der Waals surface area contributed by atoms with Crippen LogP contribution in [0.4, 0.5) is 17.5 Å². The molecule has 1 saturated heterocycles. The third kappa shape index (κ3) is 5.73. The fourth-order valence-electron chi connectivity index (χ4n) is 3.28. The zero-order valence-corrected chi connectivity index (χ0v) is 16.4. The standard InChI is InChI=1S/C22H26N6O/c1-2-9-23-20(7-1)18-5-3-6-19(17-18)26-22-25-11-8-21(27-22)24-10-4-12-28-13-15-29-16-14-28/h1-3,5-9,11,17H,4,10,12-16H2,(H2,24,25,26,27). The Labute approximate surface area is 171 Å². The van der Waals surface area contributed by atoms with Crippen molar-refractivity contribution < 1.29 is 4.74 Å². The van der Waals surface area contributed by atoms with Gasteiger partial charge in [0.25, 0.3) is 0 Å². The van der Waals surface area contributed by atoms with Gasteiger partial charge in [-0.25, -0.2) is 4.98 Å². The summed E-state index contributed by atoms with van der Waals surface area (Å²) in [5, 5.41) is 6.67. The van der Waals surface area contributed by atoms with Gasteiger partial charge < -0.3 is 15.4 Å². The molecule has 0 unspecified atom stereocenters. The largest absolute Gasteiger partial charge is 0.379 e. The number of rotatable bonds is 8. The predicted octanol–water partition coefficient (Wildman–Crippen LogP) is 3.42. The Bertz CT molecular complexity index is 899. The topological polar surface area (TPSA) is 75.2 Å². The monoisotopic (exact) mass is 390 g/mol. The normalized spacial score (nSPS) is 14.5. The molecule has 0 amide bonds. The lowest BCUT2D eigenvalue weighted by Gasteiger charge is -2.26. The number of aromatic nitrogens is 3. The summed E-state index contributed by atoms with van der Waals surface area (Å²) in [6.07, 6.45) is 4.63. The number of nitrogens with one attached hydrogen (secondary N) is 2. The lowest BCUT2D eigenvalue weighted by Crippen LogP contribution is -2.37. The van der Waals surface area contributed by atoms with E-state index in [1.807, 2.05) is 48.5 Å². The molecule has 7 nitrogen and oxygen atoms in total. The van der Waals surface area contributed by atoms with Gasteiger partial charge >= 0.3 is 0 Å². The second-order valence-electron chi connectivity index (χ2n) is 6.92. The summed E-state index contributed by atoms with van der Waals surface area (Å²) < 4.78 is 5.39. The summed E-state index contributed by atoms with van der Waals surface area (Å²) in [6, 6.07) is 15.9. The molecule has 1 aromatic carbocycles. The van der Waals surface area contributed by atoms with E-state index in [1.165, 1.54) is 0 Å². The Hall–Kier alpha value is -3.03. The van der Waals surface area contributed by atoms with Crippen LogP contribution in [0.1, 0.15) is 6.42 Å². The summed E-state index contributed by atoms with van der Waals surface area (Å²) in [5.41, 5.74) is 2.92. The Balaban J connectivity index is 1.32. The Morgan fingerprint density at radius 3 is 2.76 bits per heavy atom. The van der Waals surface area contributed by atoms with Crippen LogP contribution in [-0.4, -0.2) is 59.2 Å². The molecular formula is C22H26N6O. The summed E-state index contributed by atoms with van der Waals surface area (Å²) >= 11 is 0. The van der Waals surface area contributed by atoms with Crippen LogP contribution in [0.25, 0.3) is 11.3 Å². The summed E-state index contributed by atoms with van der Waals surface area (Å²) in [5.74, 6) is 1.40. The SMILES string of the molecule is c1ccc(-c2cccc(Nc3nccc(NCCCN4CCOCC4)n3)c2)nc1. The molecule has 3 aromatic rings. The second-order valence-corrected chi connectivity index (χ2v) is 6.92. The van der Waals surface area contributed by atoms with E-state index in [2.05, 4.69) is 30.5 Å². The lowest BCUT2D eigenvalue weighted by molar-refractivity contribution is 0.0378. The molecule has 3 heterocycles. The van der Waals surface area contributed by atoms with Gasteiger partial charge in [-0.05, 0) is 43.3 Å². The number of anilines is 3. The van der Waals surface area contributed by atoms with Gasteiger partial charge in [-0.3, -0.25) is 9.88 Å². The molecule has 0 atom stereocenters. The average molecular weight is 390 g/mol. The van der Waals surface area contributed by atoms with Crippen LogP contribution in [0.3, 0.4) is 0 Å². The van der Waals surface area contributed by atoms with E-state index < -0.39 is 0 Å². The molecule has 7 heteroatoms. The minimum Gasteiger partial charge on any atom is -0.379 e. The highest BCUT2D eigenvalue weighted by Gasteiger charge is 2.09. The maximum atomic E-state index is 5.39. The van der Waals surface area contributed by atoms with E-state index in [1.54, 1.807) is 12.4 Å². The van der Waals surface area contributed by atoms with E-state index in [0.29, 0.717) is 5.95 Å². The molecule has 0 saturated carbocycles. The predicted molar refractivity (Wildman–Crippen MR) is 115 cm³/mol. The van der Waals surface area contributed by atoms with Gasteiger partial charge in [0.05, 0.1) is 18.9 Å². The highest BCUT2D eigenvalue weighted by Crippen LogP contribution is 2.22. The van der Waals surface area contributed by atoms with Crippen molar-refractivity contribution in [2.24, 2.45) is 0 Å². The third-order valence-corrected chi connectivity index (χ3v) is 4.80. The van der Waals surface area contributed by atoms with Gasteiger partial charge in [-0.2, -0.15) is 4.98 Å². The number of morpholine rings is 1. The number of ether oxygens (including phenoxy) is 1. The molecule has 0 aliphatic carbocycles. The zero-order valence-electron chi connectivity index (χ0n) is 16.4.